The van der Waals surface area contributed by atoms with Gasteiger partial charge in [0.15, 0.2) is 0 Å². The number of para-hydroxylation sites is 1. The fourth-order valence-corrected chi connectivity index (χ4v) is 3.80. The van der Waals surface area contributed by atoms with E-state index >= 15 is 0 Å². The van der Waals surface area contributed by atoms with Gasteiger partial charge in [-0.2, -0.15) is 0 Å². The van der Waals surface area contributed by atoms with E-state index in [1.54, 1.807) is 0 Å². The Hall–Kier alpha value is -1.06. The Morgan fingerprint density at radius 3 is 2.57 bits per heavy atom. The van der Waals surface area contributed by atoms with Gasteiger partial charge in [0.1, 0.15) is 11.4 Å². The number of nitrogens with two attached hydrogens (primary N) is 1. The molecule has 3 nitrogen and oxygen atoms in total. The molecular weight excluding hydrogens is 260 g/mol. The van der Waals surface area contributed by atoms with E-state index in [1.807, 2.05) is 0 Å². The van der Waals surface area contributed by atoms with Gasteiger partial charge in [0, 0.05) is 31.6 Å². The lowest BCUT2D eigenvalue weighted by Crippen LogP contribution is -2.33. The van der Waals surface area contributed by atoms with Gasteiger partial charge < -0.3 is 10.5 Å². The summed E-state index contributed by atoms with van der Waals surface area (Å²) in [4.78, 5) is 2.54. The van der Waals surface area contributed by atoms with Crippen LogP contribution in [0.1, 0.15) is 44.9 Å². The summed E-state index contributed by atoms with van der Waals surface area (Å²) in [6.07, 6.45) is 0.986. The highest BCUT2D eigenvalue weighted by molar-refractivity contribution is 5.47. The van der Waals surface area contributed by atoms with Crippen LogP contribution in [0.25, 0.3) is 0 Å². The summed E-state index contributed by atoms with van der Waals surface area (Å²) in [5, 5.41) is 0. The lowest BCUT2D eigenvalue weighted by molar-refractivity contribution is 0.133. The predicted octanol–water partition coefficient (Wildman–Crippen LogP) is 2.99. The zero-order valence-electron chi connectivity index (χ0n) is 13.7. The van der Waals surface area contributed by atoms with E-state index in [1.165, 1.54) is 11.1 Å². The van der Waals surface area contributed by atoms with Crippen LogP contribution in [0.15, 0.2) is 18.2 Å². The highest BCUT2D eigenvalue weighted by Crippen LogP contribution is 2.42. The summed E-state index contributed by atoms with van der Waals surface area (Å²) in [5.41, 5.74) is 8.66. The number of benzene rings is 1. The van der Waals surface area contributed by atoms with E-state index in [4.69, 9.17) is 10.5 Å². The van der Waals surface area contributed by atoms with Gasteiger partial charge in [-0.3, -0.25) is 4.90 Å². The van der Waals surface area contributed by atoms with Crippen LogP contribution < -0.4 is 10.5 Å². The molecule has 0 aliphatic carbocycles. The first-order valence-corrected chi connectivity index (χ1v) is 8.16. The maximum atomic E-state index is 6.24. The average Bonchev–Trinajstić information content (AvgIpc) is 2.90. The maximum Gasteiger partial charge on any atom is 0.128 e. The molecule has 2 N–H and O–H groups in total. The molecule has 3 heteroatoms. The molecule has 3 unspecified atom stereocenters. The van der Waals surface area contributed by atoms with Gasteiger partial charge in [0.2, 0.25) is 0 Å². The van der Waals surface area contributed by atoms with Gasteiger partial charge in [0.05, 0.1) is 6.04 Å². The monoisotopic (exact) mass is 288 g/mol. The first kappa shape index (κ1) is 14.9. The highest BCUT2D eigenvalue weighted by atomic mass is 16.5. The summed E-state index contributed by atoms with van der Waals surface area (Å²) in [7, 11) is 0. The van der Waals surface area contributed by atoms with Crippen LogP contribution in [-0.2, 0) is 6.42 Å². The quantitative estimate of drug-likeness (QED) is 0.929. The second-order valence-electron chi connectivity index (χ2n) is 7.53. The molecule has 2 aliphatic heterocycles. The van der Waals surface area contributed by atoms with Gasteiger partial charge in [0.25, 0.3) is 0 Å². The number of likely N-dealkylation sites (tertiary alicyclic amines) is 1. The first-order chi connectivity index (χ1) is 9.91. The minimum Gasteiger partial charge on any atom is -0.487 e. The van der Waals surface area contributed by atoms with E-state index in [9.17, 15) is 0 Å². The summed E-state index contributed by atoms with van der Waals surface area (Å²) in [5.74, 6) is 2.58. The van der Waals surface area contributed by atoms with Crippen LogP contribution in [0.4, 0.5) is 0 Å². The van der Waals surface area contributed by atoms with Crippen LogP contribution in [0, 0.1) is 11.8 Å². The zero-order valence-corrected chi connectivity index (χ0v) is 13.7. The SMILES string of the molecule is CC1CN(C(CN)c2cccc3c2OC(C)(C)C3)CC1C. The molecule has 3 rings (SSSR count). The lowest BCUT2D eigenvalue weighted by atomic mass is 9.97. The molecule has 1 aromatic rings. The number of rotatable bonds is 3. The first-order valence-electron chi connectivity index (χ1n) is 8.16. The molecule has 2 aliphatic rings. The maximum absolute atomic E-state index is 6.24. The molecule has 1 fully saturated rings. The molecule has 0 spiro atoms. The lowest BCUT2D eigenvalue weighted by Gasteiger charge is -2.29. The number of nitrogens with zero attached hydrogens (tertiary/aromatic N) is 1. The van der Waals surface area contributed by atoms with Crippen LogP contribution in [0.3, 0.4) is 0 Å². The third kappa shape index (κ3) is 2.69. The number of fused-ring (bicyclic) bond motifs is 1. The Labute approximate surface area is 128 Å². The van der Waals surface area contributed by atoms with Crippen molar-refractivity contribution in [3.63, 3.8) is 0 Å². The van der Waals surface area contributed by atoms with Crippen molar-refractivity contribution in [3.05, 3.63) is 29.3 Å². The number of hydrogen-bond donors (Lipinski definition) is 1. The molecule has 21 heavy (non-hydrogen) atoms. The topological polar surface area (TPSA) is 38.5 Å². The van der Waals surface area contributed by atoms with E-state index in [0.717, 1.165) is 37.1 Å². The Balaban J connectivity index is 1.91. The van der Waals surface area contributed by atoms with Crippen LogP contribution in [0.2, 0.25) is 0 Å². The molecule has 2 heterocycles. The molecule has 0 amide bonds. The Kier molecular flexibility index (Phi) is 3.74. The van der Waals surface area contributed by atoms with E-state index < -0.39 is 0 Å². The molecule has 3 atom stereocenters. The predicted molar refractivity (Wildman–Crippen MR) is 86.5 cm³/mol. The summed E-state index contributed by atoms with van der Waals surface area (Å²) in [6.45, 7) is 11.9. The van der Waals surface area contributed by atoms with Crippen molar-refractivity contribution < 1.29 is 4.74 Å². The average molecular weight is 288 g/mol. The second kappa shape index (κ2) is 5.29. The molecular formula is C18H28N2O. The van der Waals surface area contributed by atoms with Crippen molar-refractivity contribution in [3.8, 4) is 5.75 Å². The van der Waals surface area contributed by atoms with Crippen molar-refractivity contribution in [1.82, 2.24) is 4.90 Å². The highest BCUT2D eigenvalue weighted by Gasteiger charge is 2.36. The van der Waals surface area contributed by atoms with Crippen molar-refractivity contribution in [2.75, 3.05) is 19.6 Å². The van der Waals surface area contributed by atoms with Crippen molar-refractivity contribution in [1.29, 1.82) is 0 Å². The summed E-state index contributed by atoms with van der Waals surface area (Å²) in [6, 6.07) is 6.83. The van der Waals surface area contributed by atoms with Crippen LogP contribution >= 0.6 is 0 Å². The van der Waals surface area contributed by atoms with E-state index in [0.29, 0.717) is 6.54 Å². The fourth-order valence-electron chi connectivity index (χ4n) is 3.80. The fraction of sp³-hybridized carbons (Fsp3) is 0.667. The molecule has 116 valence electrons. The summed E-state index contributed by atoms with van der Waals surface area (Å²) < 4.78 is 6.24. The van der Waals surface area contributed by atoms with Gasteiger partial charge in [-0.05, 0) is 31.2 Å². The Morgan fingerprint density at radius 1 is 1.29 bits per heavy atom. The van der Waals surface area contributed by atoms with Gasteiger partial charge >= 0.3 is 0 Å². The largest absolute Gasteiger partial charge is 0.487 e. The second-order valence-corrected chi connectivity index (χ2v) is 7.53. The van der Waals surface area contributed by atoms with E-state index in [-0.39, 0.29) is 11.6 Å². The van der Waals surface area contributed by atoms with Gasteiger partial charge in [-0.1, -0.05) is 32.0 Å². The Morgan fingerprint density at radius 2 is 1.95 bits per heavy atom. The van der Waals surface area contributed by atoms with Gasteiger partial charge in [-0.25, -0.2) is 0 Å². The minimum absolute atomic E-state index is 0.0941. The van der Waals surface area contributed by atoms with Gasteiger partial charge in [-0.15, -0.1) is 0 Å². The van der Waals surface area contributed by atoms with Crippen LogP contribution in [0.5, 0.6) is 5.75 Å². The third-order valence-corrected chi connectivity index (χ3v) is 5.16. The molecule has 0 saturated carbocycles. The normalized spacial score (nSPS) is 29.2. The standard InChI is InChI=1S/C18H28N2O/c1-12-10-20(11-13(12)2)16(9-19)15-7-5-6-14-8-18(3,4)21-17(14)15/h5-7,12-13,16H,8-11,19H2,1-4H3. The molecule has 0 bridgehead atoms. The van der Waals surface area contributed by atoms with E-state index in [2.05, 4.69) is 50.8 Å². The summed E-state index contributed by atoms with van der Waals surface area (Å²) >= 11 is 0. The molecule has 0 aromatic heterocycles. The minimum atomic E-state index is -0.0941. The van der Waals surface area contributed by atoms with Crippen LogP contribution in [-0.4, -0.2) is 30.1 Å². The molecule has 1 saturated heterocycles. The zero-order chi connectivity index (χ0) is 15.2. The molecule has 0 radical (unpaired) electrons. The van der Waals surface area contributed by atoms with Crippen molar-refractivity contribution in [2.45, 2.75) is 45.8 Å². The van der Waals surface area contributed by atoms with Crippen molar-refractivity contribution >= 4 is 0 Å². The van der Waals surface area contributed by atoms with Crippen molar-refractivity contribution in [2.24, 2.45) is 17.6 Å². The smallest absolute Gasteiger partial charge is 0.128 e. The number of ether oxygens (including phenoxy) is 1. The molecule has 1 aromatic carbocycles. The Bertz CT molecular complexity index is 516. The third-order valence-electron chi connectivity index (χ3n) is 5.16. The number of hydrogen-bond acceptors (Lipinski definition) is 3.